The van der Waals surface area contributed by atoms with Crippen molar-refractivity contribution in [3.63, 3.8) is 0 Å². The van der Waals surface area contributed by atoms with Gasteiger partial charge in [0.15, 0.2) is 0 Å². The molecule has 2 heterocycles. The fraction of sp³-hybridized carbons (Fsp3) is 0.222. The van der Waals surface area contributed by atoms with E-state index in [9.17, 15) is 14.4 Å². The predicted molar refractivity (Wildman–Crippen MR) is 95.0 cm³/mol. The Morgan fingerprint density at radius 1 is 1.23 bits per heavy atom. The first-order valence-corrected chi connectivity index (χ1v) is 8.08. The molecule has 0 saturated heterocycles. The van der Waals surface area contributed by atoms with Crippen molar-refractivity contribution in [3.8, 4) is 5.88 Å². The number of aromatic nitrogens is 1. The predicted octanol–water partition coefficient (Wildman–Crippen LogP) is 1.56. The molecule has 3 N–H and O–H groups in total. The Balaban J connectivity index is 1.62. The number of nitrogens with one attached hydrogen (secondary N) is 3. The number of para-hydroxylation sites is 1. The molecule has 1 atom stereocenters. The van der Waals surface area contributed by atoms with Crippen molar-refractivity contribution in [2.75, 3.05) is 17.7 Å². The Labute approximate surface area is 150 Å². The smallest absolute Gasteiger partial charge is 0.254 e. The molecule has 0 unspecified atom stereocenters. The molecular formula is C18H18N4O4. The van der Waals surface area contributed by atoms with Crippen LogP contribution in [0.15, 0.2) is 42.6 Å². The second-order valence-electron chi connectivity index (χ2n) is 5.71. The lowest BCUT2D eigenvalue weighted by atomic mass is 10.1. The van der Waals surface area contributed by atoms with E-state index < -0.39 is 6.04 Å². The standard InChI is InChI=1S/C18H18N4O4/c1-26-18-14(7-4-10-19-18)20-15(23)9-8-13-17(25)21-12-6-3-2-5-11(12)16(24)22-13/h2-7,10,13H,8-9H2,1H3,(H,20,23)(H,21,25)(H,22,24)/t13-/m1/s1. The highest BCUT2D eigenvalue weighted by Crippen LogP contribution is 2.21. The number of benzene rings is 1. The maximum absolute atomic E-state index is 12.3. The molecule has 1 aromatic heterocycles. The summed E-state index contributed by atoms with van der Waals surface area (Å²) in [6.07, 6.45) is 1.77. The van der Waals surface area contributed by atoms with Crippen LogP contribution in [0.25, 0.3) is 0 Å². The summed E-state index contributed by atoms with van der Waals surface area (Å²) in [4.78, 5) is 40.7. The quantitative estimate of drug-likeness (QED) is 0.755. The fourth-order valence-corrected chi connectivity index (χ4v) is 2.65. The number of hydrogen-bond acceptors (Lipinski definition) is 5. The number of amides is 3. The van der Waals surface area contributed by atoms with Crippen LogP contribution in [0.1, 0.15) is 23.2 Å². The fourth-order valence-electron chi connectivity index (χ4n) is 2.65. The van der Waals surface area contributed by atoms with Crippen molar-refractivity contribution in [2.45, 2.75) is 18.9 Å². The zero-order chi connectivity index (χ0) is 18.5. The minimum absolute atomic E-state index is 0.0484. The molecule has 1 aliphatic rings. The molecule has 0 aliphatic carbocycles. The topological polar surface area (TPSA) is 109 Å². The van der Waals surface area contributed by atoms with Crippen molar-refractivity contribution in [1.82, 2.24) is 10.3 Å². The lowest BCUT2D eigenvalue weighted by Crippen LogP contribution is -2.41. The first-order chi connectivity index (χ1) is 12.6. The normalized spacial score (nSPS) is 16.0. The number of hydrogen-bond donors (Lipinski definition) is 3. The van der Waals surface area contributed by atoms with Gasteiger partial charge in [-0.05, 0) is 30.7 Å². The number of carbonyl (C=O) groups is 3. The maximum atomic E-state index is 12.3. The van der Waals surface area contributed by atoms with Gasteiger partial charge < -0.3 is 20.7 Å². The Kier molecular flexibility index (Phi) is 5.12. The van der Waals surface area contributed by atoms with Gasteiger partial charge in [-0.2, -0.15) is 0 Å². The molecule has 3 rings (SSSR count). The zero-order valence-corrected chi connectivity index (χ0v) is 14.1. The highest BCUT2D eigenvalue weighted by molar-refractivity contribution is 6.10. The van der Waals surface area contributed by atoms with Crippen molar-refractivity contribution in [2.24, 2.45) is 0 Å². The Morgan fingerprint density at radius 3 is 2.85 bits per heavy atom. The molecule has 8 heteroatoms. The molecule has 1 aromatic carbocycles. The first-order valence-electron chi connectivity index (χ1n) is 8.08. The van der Waals surface area contributed by atoms with E-state index >= 15 is 0 Å². The maximum Gasteiger partial charge on any atom is 0.254 e. The molecule has 1 aliphatic heterocycles. The Bertz CT molecular complexity index is 853. The molecule has 0 fully saturated rings. The molecule has 0 spiro atoms. The lowest BCUT2D eigenvalue weighted by molar-refractivity contribution is -0.118. The van der Waals surface area contributed by atoms with Crippen LogP contribution in [-0.4, -0.2) is 35.9 Å². The van der Waals surface area contributed by atoms with Gasteiger partial charge in [-0.15, -0.1) is 0 Å². The number of ether oxygens (including phenoxy) is 1. The van der Waals surface area contributed by atoms with Crippen LogP contribution in [-0.2, 0) is 9.59 Å². The molecule has 26 heavy (non-hydrogen) atoms. The minimum Gasteiger partial charge on any atom is -0.480 e. The monoisotopic (exact) mass is 354 g/mol. The third-order valence-corrected chi connectivity index (χ3v) is 3.95. The van der Waals surface area contributed by atoms with Crippen LogP contribution in [0.3, 0.4) is 0 Å². The van der Waals surface area contributed by atoms with Gasteiger partial charge in [0.25, 0.3) is 5.91 Å². The molecule has 134 valence electrons. The van der Waals surface area contributed by atoms with E-state index in [1.165, 1.54) is 7.11 Å². The molecule has 2 aromatic rings. The van der Waals surface area contributed by atoms with Crippen LogP contribution in [0, 0.1) is 0 Å². The first kappa shape index (κ1) is 17.4. The van der Waals surface area contributed by atoms with E-state index in [2.05, 4.69) is 20.9 Å². The van der Waals surface area contributed by atoms with E-state index in [0.717, 1.165) is 0 Å². The number of methoxy groups -OCH3 is 1. The highest BCUT2D eigenvalue weighted by Gasteiger charge is 2.27. The molecule has 0 radical (unpaired) electrons. The Hall–Kier alpha value is -3.42. The second kappa shape index (κ2) is 7.64. The SMILES string of the molecule is COc1ncccc1NC(=O)CC[C@H]1NC(=O)c2ccccc2NC1=O. The van der Waals surface area contributed by atoms with Crippen LogP contribution in [0.4, 0.5) is 11.4 Å². The molecule has 0 bridgehead atoms. The number of nitrogens with zero attached hydrogens (tertiary/aromatic N) is 1. The molecule has 0 saturated carbocycles. The van der Waals surface area contributed by atoms with Gasteiger partial charge in [0.2, 0.25) is 17.7 Å². The van der Waals surface area contributed by atoms with Crippen molar-refractivity contribution >= 4 is 29.1 Å². The van der Waals surface area contributed by atoms with Gasteiger partial charge in [-0.1, -0.05) is 12.1 Å². The number of rotatable bonds is 5. The number of fused-ring (bicyclic) bond motifs is 1. The summed E-state index contributed by atoms with van der Waals surface area (Å²) < 4.78 is 5.08. The van der Waals surface area contributed by atoms with Gasteiger partial charge >= 0.3 is 0 Å². The highest BCUT2D eigenvalue weighted by atomic mass is 16.5. The number of anilines is 2. The third kappa shape index (κ3) is 3.80. The average molecular weight is 354 g/mol. The summed E-state index contributed by atoms with van der Waals surface area (Å²) >= 11 is 0. The van der Waals surface area contributed by atoms with E-state index in [1.54, 1.807) is 42.6 Å². The summed E-state index contributed by atoms with van der Waals surface area (Å²) in [5.41, 5.74) is 1.30. The summed E-state index contributed by atoms with van der Waals surface area (Å²) in [6.45, 7) is 0. The Morgan fingerprint density at radius 2 is 2.04 bits per heavy atom. The van der Waals surface area contributed by atoms with E-state index in [-0.39, 0.29) is 30.6 Å². The van der Waals surface area contributed by atoms with Crippen LogP contribution in [0.2, 0.25) is 0 Å². The van der Waals surface area contributed by atoms with Gasteiger partial charge in [-0.25, -0.2) is 4.98 Å². The van der Waals surface area contributed by atoms with Crippen molar-refractivity contribution in [1.29, 1.82) is 0 Å². The molecule has 8 nitrogen and oxygen atoms in total. The van der Waals surface area contributed by atoms with Gasteiger partial charge in [-0.3, -0.25) is 14.4 Å². The third-order valence-electron chi connectivity index (χ3n) is 3.95. The molecular weight excluding hydrogens is 336 g/mol. The van der Waals surface area contributed by atoms with Crippen LogP contribution >= 0.6 is 0 Å². The second-order valence-corrected chi connectivity index (χ2v) is 5.71. The van der Waals surface area contributed by atoms with Crippen LogP contribution in [0.5, 0.6) is 5.88 Å². The van der Waals surface area contributed by atoms with Gasteiger partial charge in [0.05, 0.1) is 18.4 Å². The van der Waals surface area contributed by atoms with Crippen LogP contribution < -0.4 is 20.7 Å². The molecule has 3 amide bonds. The summed E-state index contributed by atoms with van der Waals surface area (Å²) in [7, 11) is 1.46. The minimum atomic E-state index is -0.795. The van der Waals surface area contributed by atoms with Gasteiger partial charge in [0, 0.05) is 12.6 Å². The van der Waals surface area contributed by atoms with E-state index in [0.29, 0.717) is 22.8 Å². The summed E-state index contributed by atoms with van der Waals surface area (Å²) in [5.74, 6) is -0.703. The lowest BCUT2D eigenvalue weighted by Gasteiger charge is -2.14. The van der Waals surface area contributed by atoms with E-state index in [1.807, 2.05) is 0 Å². The zero-order valence-electron chi connectivity index (χ0n) is 14.1. The van der Waals surface area contributed by atoms with E-state index in [4.69, 9.17) is 4.74 Å². The average Bonchev–Trinajstić information content (AvgIpc) is 2.77. The number of carbonyl (C=O) groups excluding carboxylic acids is 3. The van der Waals surface area contributed by atoms with Crippen molar-refractivity contribution < 1.29 is 19.1 Å². The summed E-state index contributed by atoms with van der Waals surface area (Å²) in [5, 5.41) is 8.06. The largest absolute Gasteiger partial charge is 0.480 e. The van der Waals surface area contributed by atoms with Crippen molar-refractivity contribution in [3.05, 3.63) is 48.2 Å². The number of pyridine rings is 1. The summed E-state index contributed by atoms with van der Waals surface area (Å²) in [6, 6.07) is 9.30. The van der Waals surface area contributed by atoms with Gasteiger partial charge in [0.1, 0.15) is 11.7 Å².